The number of amides is 3. The van der Waals surface area contributed by atoms with Gasteiger partial charge in [-0.15, -0.1) is 0 Å². The van der Waals surface area contributed by atoms with Crippen molar-refractivity contribution in [1.82, 2.24) is 25.1 Å². The van der Waals surface area contributed by atoms with Crippen molar-refractivity contribution in [3.63, 3.8) is 0 Å². The quantitative estimate of drug-likeness (QED) is 0.263. The van der Waals surface area contributed by atoms with Crippen molar-refractivity contribution in [3.8, 4) is 11.3 Å². The Morgan fingerprint density at radius 2 is 1.82 bits per heavy atom. The van der Waals surface area contributed by atoms with E-state index in [-0.39, 0.29) is 25.3 Å². The number of aromatic nitrogens is 2. The van der Waals surface area contributed by atoms with E-state index in [1.54, 1.807) is 24.3 Å². The molecule has 0 radical (unpaired) electrons. The molecule has 10 nitrogen and oxygen atoms in total. The number of hydrogen-bond acceptors (Lipinski definition) is 5. The van der Waals surface area contributed by atoms with Crippen LogP contribution in [0.5, 0.6) is 0 Å². The second-order valence-electron chi connectivity index (χ2n) is 9.54. The summed E-state index contributed by atoms with van der Waals surface area (Å²) < 4.78 is 29.4. The van der Waals surface area contributed by atoms with E-state index in [4.69, 9.17) is 4.98 Å². The molecule has 12 heteroatoms. The molecule has 3 amide bonds. The molecule has 212 valence electrons. The van der Waals surface area contributed by atoms with E-state index in [1.807, 2.05) is 11.5 Å². The Morgan fingerprint density at radius 3 is 2.52 bits per heavy atom. The van der Waals surface area contributed by atoms with Crippen LogP contribution in [0.15, 0.2) is 48.5 Å². The molecule has 0 bridgehead atoms. The van der Waals surface area contributed by atoms with Crippen LogP contribution in [0.3, 0.4) is 0 Å². The summed E-state index contributed by atoms with van der Waals surface area (Å²) in [6.07, 6.45) is 1.00. The molecule has 3 aromatic rings. The lowest BCUT2D eigenvalue weighted by Crippen LogP contribution is -2.52. The fourth-order valence-electron chi connectivity index (χ4n) is 4.58. The van der Waals surface area contributed by atoms with Gasteiger partial charge in [-0.2, -0.15) is 0 Å². The number of rotatable bonds is 11. The number of hydrogen-bond donors (Lipinski definition) is 4. The zero-order valence-corrected chi connectivity index (χ0v) is 22.1. The minimum atomic E-state index is -1.41. The van der Waals surface area contributed by atoms with E-state index in [0.717, 1.165) is 19.3 Å². The first kappa shape index (κ1) is 28.5. The van der Waals surface area contributed by atoms with Gasteiger partial charge in [-0.05, 0) is 42.8 Å². The fraction of sp³-hybridized carbons (Fsp3) is 0.357. The number of carbonyl (C=O) groups excluding carboxylic acids is 2. The highest BCUT2D eigenvalue weighted by molar-refractivity contribution is 5.91. The average molecular weight is 555 g/mol. The van der Waals surface area contributed by atoms with Crippen LogP contribution in [0.4, 0.5) is 25.1 Å². The monoisotopic (exact) mass is 554 g/mol. The lowest BCUT2D eigenvalue weighted by atomic mass is 10.1. The van der Waals surface area contributed by atoms with E-state index in [9.17, 15) is 28.3 Å². The third-order valence-electron chi connectivity index (χ3n) is 6.58. The van der Waals surface area contributed by atoms with Crippen LogP contribution in [0.2, 0.25) is 0 Å². The first-order valence-electron chi connectivity index (χ1n) is 13.2. The van der Waals surface area contributed by atoms with Crippen LogP contribution >= 0.6 is 0 Å². The Bertz CT molecular complexity index is 1360. The zero-order valence-electron chi connectivity index (χ0n) is 22.1. The van der Waals surface area contributed by atoms with Crippen LogP contribution < -0.4 is 16.0 Å². The number of unbranched alkanes of at least 4 members (excludes halogenated alkanes) is 2. The highest BCUT2D eigenvalue weighted by atomic mass is 19.1. The first-order valence-corrected chi connectivity index (χ1v) is 13.2. The summed E-state index contributed by atoms with van der Waals surface area (Å²) in [5.41, 5.74) is 1.55. The van der Waals surface area contributed by atoms with E-state index in [2.05, 4.69) is 16.0 Å². The van der Waals surface area contributed by atoms with E-state index in [1.165, 1.54) is 29.2 Å². The van der Waals surface area contributed by atoms with Gasteiger partial charge in [-0.25, -0.2) is 18.6 Å². The summed E-state index contributed by atoms with van der Waals surface area (Å²) in [4.78, 5) is 43.3. The Kier molecular flexibility index (Phi) is 9.31. The lowest BCUT2D eigenvalue weighted by molar-refractivity contribution is -0.137. The molecule has 0 spiro atoms. The second kappa shape index (κ2) is 13.0. The number of carboxylic acid groups (broad SMARTS) is 1. The number of benzene rings is 2. The predicted octanol–water partition coefficient (Wildman–Crippen LogP) is 4.25. The van der Waals surface area contributed by atoms with Crippen molar-refractivity contribution in [3.05, 3.63) is 66.0 Å². The molecule has 1 aromatic heterocycles. The minimum Gasteiger partial charge on any atom is -0.465 e. The van der Waals surface area contributed by atoms with Crippen LogP contribution in [-0.2, 0) is 22.7 Å². The number of halogens is 2. The number of anilines is 2. The van der Waals surface area contributed by atoms with Gasteiger partial charge in [0.1, 0.15) is 35.0 Å². The number of nitrogens with one attached hydrogen (secondary N) is 3. The summed E-state index contributed by atoms with van der Waals surface area (Å²) in [5.74, 6) is -0.753. The number of fused-ring (bicyclic) bond motifs is 1. The molecule has 2 heterocycles. The Hall–Kier alpha value is -4.48. The summed E-state index contributed by atoms with van der Waals surface area (Å²) in [6.45, 7) is 3.06. The number of imidazole rings is 1. The predicted molar refractivity (Wildman–Crippen MR) is 145 cm³/mol. The minimum absolute atomic E-state index is 0.0438. The maximum Gasteiger partial charge on any atom is 0.405 e. The van der Waals surface area contributed by atoms with Crippen LogP contribution in [0, 0.1) is 11.6 Å². The summed E-state index contributed by atoms with van der Waals surface area (Å²) in [5, 5.41) is 17.4. The summed E-state index contributed by atoms with van der Waals surface area (Å²) in [6, 6.07) is 10.4. The molecule has 0 aliphatic carbocycles. The third-order valence-corrected chi connectivity index (χ3v) is 6.58. The standard InChI is InChI=1S/C28H32F2N6O4/c1-2-3-4-12-31-24(37)16-22(33-28(39)40)27(38)35-13-14-36-23(17-35)34-25(18-6-5-7-20(30)15-18)26(36)32-21-10-8-19(29)9-11-21/h5-11,15,22,32-33H,2-4,12-14,16-17H2,1H3,(H,31,37)(H,39,40)/t22-/m0/s1. The summed E-state index contributed by atoms with van der Waals surface area (Å²) >= 11 is 0. The first-order chi connectivity index (χ1) is 19.2. The van der Waals surface area contributed by atoms with Gasteiger partial charge in [0, 0.05) is 30.9 Å². The highest BCUT2D eigenvalue weighted by Gasteiger charge is 2.32. The van der Waals surface area contributed by atoms with Crippen molar-refractivity contribution in [2.45, 2.75) is 51.7 Å². The normalized spacial score (nSPS) is 13.3. The molecule has 40 heavy (non-hydrogen) atoms. The average Bonchev–Trinajstić information content (AvgIpc) is 3.29. The molecule has 4 N–H and O–H groups in total. The molecule has 1 aliphatic heterocycles. The third kappa shape index (κ3) is 7.13. The maximum absolute atomic E-state index is 14.1. The Balaban J connectivity index is 1.57. The SMILES string of the molecule is CCCCCNC(=O)C[C@H](NC(=O)O)C(=O)N1CCn2c(nc(-c3cccc(F)c3)c2Nc2ccc(F)cc2)C1. The van der Waals surface area contributed by atoms with Crippen molar-refractivity contribution in [2.24, 2.45) is 0 Å². The summed E-state index contributed by atoms with van der Waals surface area (Å²) in [7, 11) is 0. The van der Waals surface area contributed by atoms with Crippen LogP contribution in [-0.4, -0.2) is 56.6 Å². The van der Waals surface area contributed by atoms with E-state index >= 15 is 0 Å². The van der Waals surface area contributed by atoms with Gasteiger partial charge >= 0.3 is 6.09 Å². The molecule has 4 rings (SSSR count). The Labute approximate surface area is 230 Å². The van der Waals surface area contributed by atoms with Gasteiger partial charge in [0.05, 0.1) is 13.0 Å². The molecular formula is C28H32F2N6O4. The lowest BCUT2D eigenvalue weighted by Gasteiger charge is -2.31. The van der Waals surface area contributed by atoms with Crippen LogP contribution in [0.1, 0.15) is 38.4 Å². The van der Waals surface area contributed by atoms with Crippen molar-refractivity contribution in [1.29, 1.82) is 0 Å². The van der Waals surface area contributed by atoms with E-state index in [0.29, 0.717) is 41.7 Å². The van der Waals surface area contributed by atoms with Gasteiger partial charge in [0.25, 0.3) is 0 Å². The highest BCUT2D eigenvalue weighted by Crippen LogP contribution is 2.33. The van der Waals surface area contributed by atoms with Crippen molar-refractivity contribution < 1.29 is 28.3 Å². The molecular weight excluding hydrogens is 522 g/mol. The second-order valence-corrected chi connectivity index (χ2v) is 9.54. The van der Waals surface area contributed by atoms with Gasteiger partial charge in [-0.1, -0.05) is 31.9 Å². The van der Waals surface area contributed by atoms with Crippen LogP contribution in [0.25, 0.3) is 11.3 Å². The van der Waals surface area contributed by atoms with E-state index < -0.39 is 29.8 Å². The molecule has 0 saturated heterocycles. The fourth-order valence-corrected chi connectivity index (χ4v) is 4.58. The van der Waals surface area contributed by atoms with Crippen molar-refractivity contribution in [2.75, 3.05) is 18.4 Å². The zero-order chi connectivity index (χ0) is 28.6. The molecule has 0 fully saturated rings. The van der Waals surface area contributed by atoms with Gasteiger partial charge in [0.15, 0.2) is 0 Å². The molecule has 0 saturated carbocycles. The largest absolute Gasteiger partial charge is 0.465 e. The molecule has 2 aromatic carbocycles. The molecule has 0 unspecified atom stereocenters. The molecule has 1 atom stereocenters. The molecule has 1 aliphatic rings. The maximum atomic E-state index is 14.1. The Morgan fingerprint density at radius 1 is 1.05 bits per heavy atom. The number of nitrogens with zero attached hydrogens (tertiary/aromatic N) is 3. The van der Waals surface area contributed by atoms with Gasteiger partial charge in [-0.3, -0.25) is 9.59 Å². The number of carbonyl (C=O) groups is 3. The van der Waals surface area contributed by atoms with Crippen molar-refractivity contribution >= 4 is 29.4 Å². The van der Waals surface area contributed by atoms with Gasteiger partial charge < -0.3 is 30.5 Å². The smallest absolute Gasteiger partial charge is 0.405 e. The topological polar surface area (TPSA) is 129 Å². The van der Waals surface area contributed by atoms with Gasteiger partial charge in [0.2, 0.25) is 11.8 Å².